The van der Waals surface area contributed by atoms with E-state index in [4.69, 9.17) is 14.4 Å². The van der Waals surface area contributed by atoms with Crippen LogP contribution < -0.4 is 0 Å². The highest BCUT2D eigenvalue weighted by molar-refractivity contribution is 6.19. The van der Waals surface area contributed by atoms with Gasteiger partial charge in [0.15, 0.2) is 5.82 Å². The van der Waals surface area contributed by atoms with Gasteiger partial charge in [-0.25, -0.2) is 9.97 Å². The van der Waals surface area contributed by atoms with Crippen LogP contribution in [0.2, 0.25) is 0 Å². The summed E-state index contributed by atoms with van der Waals surface area (Å²) in [6.45, 7) is 4.70. The molecule has 4 heteroatoms. The van der Waals surface area contributed by atoms with Crippen molar-refractivity contribution in [3.05, 3.63) is 199 Å². The van der Waals surface area contributed by atoms with Crippen LogP contribution in [0.4, 0.5) is 0 Å². The molecule has 1 aliphatic rings. The van der Waals surface area contributed by atoms with Crippen LogP contribution in [0.1, 0.15) is 25.0 Å². The average Bonchev–Trinajstić information content (AvgIpc) is 3.92. The summed E-state index contributed by atoms with van der Waals surface area (Å²) in [5, 5.41) is 4.70. The minimum atomic E-state index is -0.0830. The molecule has 3 heterocycles. The molecule has 0 bridgehead atoms. The monoisotopic (exact) mass is 755 g/mol. The number of aromatic nitrogens is 3. The van der Waals surface area contributed by atoms with E-state index >= 15 is 0 Å². The highest BCUT2D eigenvalue weighted by Gasteiger charge is 2.37. The van der Waals surface area contributed by atoms with Crippen molar-refractivity contribution >= 4 is 43.7 Å². The lowest BCUT2D eigenvalue weighted by atomic mass is 9.82. The predicted octanol–water partition coefficient (Wildman–Crippen LogP) is 14.4. The van der Waals surface area contributed by atoms with Crippen molar-refractivity contribution in [3.63, 3.8) is 0 Å². The van der Waals surface area contributed by atoms with E-state index in [1.54, 1.807) is 0 Å². The summed E-state index contributed by atoms with van der Waals surface area (Å²) < 4.78 is 9.20. The average molecular weight is 756 g/mol. The molecule has 1 aliphatic carbocycles. The van der Waals surface area contributed by atoms with Crippen molar-refractivity contribution in [1.82, 2.24) is 14.5 Å². The Balaban J connectivity index is 1.04. The molecule has 0 fully saturated rings. The van der Waals surface area contributed by atoms with Gasteiger partial charge in [-0.15, -0.1) is 0 Å². The van der Waals surface area contributed by atoms with E-state index in [2.05, 4.69) is 182 Å². The summed E-state index contributed by atoms with van der Waals surface area (Å²) in [4.78, 5) is 10.3. The normalized spacial score (nSPS) is 13.1. The number of para-hydroxylation sites is 1. The molecule has 12 rings (SSSR count). The smallest absolute Gasteiger partial charge is 0.160 e. The van der Waals surface area contributed by atoms with Crippen molar-refractivity contribution in [3.8, 4) is 61.8 Å². The molecule has 0 radical (unpaired) electrons. The Kier molecular flexibility index (Phi) is 7.24. The Morgan fingerprint density at radius 3 is 1.95 bits per heavy atom. The molecular formula is C55H37N3O. The second-order valence-corrected chi connectivity index (χ2v) is 16.1. The van der Waals surface area contributed by atoms with E-state index < -0.39 is 0 Å². The van der Waals surface area contributed by atoms with Crippen LogP contribution in [0.3, 0.4) is 0 Å². The van der Waals surface area contributed by atoms with Crippen molar-refractivity contribution in [2.45, 2.75) is 19.3 Å². The number of furan rings is 1. The van der Waals surface area contributed by atoms with E-state index in [-0.39, 0.29) is 5.41 Å². The van der Waals surface area contributed by atoms with Crippen LogP contribution >= 0.6 is 0 Å². The van der Waals surface area contributed by atoms with Gasteiger partial charge in [0, 0.05) is 38.3 Å². The summed E-state index contributed by atoms with van der Waals surface area (Å²) in [7, 11) is 0. The number of benzene rings is 8. The number of hydrogen-bond donors (Lipinski definition) is 0. The topological polar surface area (TPSA) is 43.9 Å². The highest BCUT2D eigenvalue weighted by atomic mass is 16.3. The van der Waals surface area contributed by atoms with Gasteiger partial charge in [-0.2, -0.15) is 0 Å². The maximum atomic E-state index is 6.76. The first-order valence-electron chi connectivity index (χ1n) is 20.2. The fourth-order valence-electron chi connectivity index (χ4n) is 9.61. The van der Waals surface area contributed by atoms with Crippen LogP contribution in [0.15, 0.2) is 192 Å². The molecule has 0 N–H and O–H groups in total. The first kappa shape index (κ1) is 33.6. The summed E-state index contributed by atoms with van der Waals surface area (Å²) in [5.41, 5.74) is 17.4. The third kappa shape index (κ3) is 5.09. The molecular weight excluding hydrogens is 719 g/mol. The largest absolute Gasteiger partial charge is 0.456 e. The number of hydrogen-bond acceptors (Lipinski definition) is 3. The molecule has 8 aromatic carbocycles. The van der Waals surface area contributed by atoms with E-state index in [9.17, 15) is 0 Å². The zero-order valence-corrected chi connectivity index (χ0v) is 32.6. The van der Waals surface area contributed by atoms with Gasteiger partial charge >= 0.3 is 0 Å². The number of nitrogens with zero attached hydrogens (tertiary/aromatic N) is 3. The van der Waals surface area contributed by atoms with Crippen molar-refractivity contribution in [2.24, 2.45) is 0 Å². The molecule has 0 unspecified atom stereocenters. The summed E-state index contributed by atoms with van der Waals surface area (Å²) >= 11 is 0. The SMILES string of the molecule is CC1(C)c2ccccc2-c2c1ccc1c2c2ccccc2n1-c1cccc2oc3cc(-c4cc(-c5cccc(-c6ccccc6)c5)nc(-c5ccccc5)n4)ccc3c12. The molecule has 278 valence electrons. The minimum Gasteiger partial charge on any atom is -0.456 e. The van der Waals surface area contributed by atoms with Crippen molar-refractivity contribution < 1.29 is 4.42 Å². The second kappa shape index (κ2) is 12.7. The summed E-state index contributed by atoms with van der Waals surface area (Å²) in [5.74, 6) is 0.680. The molecule has 0 amide bonds. The van der Waals surface area contributed by atoms with Gasteiger partial charge in [-0.05, 0) is 81.9 Å². The van der Waals surface area contributed by atoms with E-state index in [0.29, 0.717) is 5.82 Å². The minimum absolute atomic E-state index is 0.0830. The molecule has 4 nitrogen and oxygen atoms in total. The maximum absolute atomic E-state index is 6.76. The fourth-order valence-corrected chi connectivity index (χ4v) is 9.61. The molecule has 0 saturated heterocycles. The summed E-state index contributed by atoms with van der Waals surface area (Å²) in [6, 6.07) is 66.7. The Bertz CT molecular complexity index is 3460. The lowest BCUT2D eigenvalue weighted by molar-refractivity contribution is 0.661. The molecule has 3 aromatic heterocycles. The maximum Gasteiger partial charge on any atom is 0.160 e. The van der Waals surface area contributed by atoms with Gasteiger partial charge in [0.1, 0.15) is 11.2 Å². The second-order valence-electron chi connectivity index (χ2n) is 16.1. The molecule has 11 aromatic rings. The van der Waals surface area contributed by atoms with Crippen LogP contribution in [-0.2, 0) is 5.41 Å². The Morgan fingerprint density at radius 2 is 1.12 bits per heavy atom. The Hall–Kier alpha value is -7.56. The van der Waals surface area contributed by atoms with Crippen LogP contribution in [0.25, 0.3) is 106 Å². The predicted molar refractivity (Wildman–Crippen MR) is 243 cm³/mol. The number of rotatable bonds is 5. The molecule has 0 atom stereocenters. The van der Waals surface area contributed by atoms with Crippen molar-refractivity contribution in [2.75, 3.05) is 0 Å². The van der Waals surface area contributed by atoms with E-state index in [1.807, 2.05) is 24.3 Å². The quantitative estimate of drug-likeness (QED) is 0.176. The van der Waals surface area contributed by atoms with Crippen LogP contribution in [-0.4, -0.2) is 14.5 Å². The summed E-state index contributed by atoms with van der Waals surface area (Å²) in [6.07, 6.45) is 0. The van der Waals surface area contributed by atoms with Gasteiger partial charge in [0.25, 0.3) is 0 Å². The lowest BCUT2D eigenvalue weighted by Gasteiger charge is -2.21. The lowest BCUT2D eigenvalue weighted by Crippen LogP contribution is -2.14. The molecule has 0 saturated carbocycles. The zero-order valence-electron chi connectivity index (χ0n) is 32.6. The molecule has 0 spiro atoms. The van der Waals surface area contributed by atoms with Gasteiger partial charge in [-0.1, -0.05) is 153 Å². The molecule has 59 heavy (non-hydrogen) atoms. The van der Waals surface area contributed by atoms with Gasteiger partial charge in [-0.3, -0.25) is 0 Å². The fraction of sp³-hybridized carbons (Fsp3) is 0.0545. The zero-order chi connectivity index (χ0) is 39.2. The van der Waals surface area contributed by atoms with Crippen LogP contribution in [0.5, 0.6) is 0 Å². The van der Waals surface area contributed by atoms with E-state index in [1.165, 1.54) is 49.6 Å². The number of fused-ring (bicyclic) bond motifs is 10. The van der Waals surface area contributed by atoms with Gasteiger partial charge in [0.2, 0.25) is 0 Å². The Morgan fingerprint density at radius 1 is 0.441 bits per heavy atom. The van der Waals surface area contributed by atoms with Crippen molar-refractivity contribution in [1.29, 1.82) is 0 Å². The highest BCUT2D eigenvalue weighted by Crippen LogP contribution is 2.53. The first-order chi connectivity index (χ1) is 29.0. The van der Waals surface area contributed by atoms with Gasteiger partial charge in [0.05, 0.1) is 33.5 Å². The van der Waals surface area contributed by atoms with Crippen LogP contribution in [0, 0.1) is 0 Å². The van der Waals surface area contributed by atoms with Gasteiger partial charge < -0.3 is 8.98 Å². The third-order valence-corrected chi connectivity index (χ3v) is 12.4. The Labute approximate surface area is 341 Å². The first-order valence-corrected chi connectivity index (χ1v) is 20.2. The van der Waals surface area contributed by atoms with E-state index in [0.717, 1.165) is 61.3 Å². The standard InChI is InChI=1S/C55H37N3O/c1-55(2)42-23-11-9-21-39(42)51-43(55)29-30-48-53(51)40-22-10-12-24-46(40)58(48)47-25-14-26-49-52(47)41-28-27-38(32-50(41)59-49)45-33-44(56-54(57-45)35-17-7-4-8-18-35)37-20-13-19-36(31-37)34-15-5-3-6-16-34/h3-33H,1-2H3. The third-order valence-electron chi connectivity index (χ3n) is 12.4. The molecule has 0 aliphatic heterocycles.